The number of carbonyl (C=O) groups excluding carboxylic acids is 4. The lowest BCUT2D eigenvalue weighted by Crippen LogP contribution is -2.49. The van der Waals surface area contributed by atoms with Crippen molar-refractivity contribution in [3.05, 3.63) is 95.9 Å². The third kappa shape index (κ3) is 9.34. The number of amides is 3. The molecule has 3 aliphatic heterocycles. The zero-order chi connectivity index (χ0) is 44.4. The van der Waals surface area contributed by atoms with Crippen LogP contribution in [0.4, 0.5) is 31.7 Å². The molecule has 3 saturated heterocycles. The summed E-state index contributed by atoms with van der Waals surface area (Å²) in [6.45, 7) is 5.40. The van der Waals surface area contributed by atoms with Gasteiger partial charge in [0.2, 0.25) is 17.7 Å². The van der Waals surface area contributed by atoms with E-state index in [-0.39, 0.29) is 47.5 Å². The molecule has 3 aliphatic rings. The number of carbonyl (C=O) groups is 4. The van der Waals surface area contributed by atoms with Crippen molar-refractivity contribution in [3.8, 4) is 11.1 Å². The van der Waals surface area contributed by atoms with E-state index in [0.717, 1.165) is 28.5 Å². The van der Waals surface area contributed by atoms with Crippen molar-refractivity contribution in [3.63, 3.8) is 0 Å². The minimum absolute atomic E-state index is 0.108. The van der Waals surface area contributed by atoms with Crippen LogP contribution in [0.5, 0.6) is 0 Å². The Morgan fingerprint density at radius 2 is 1.65 bits per heavy atom. The number of imide groups is 1. The minimum Gasteiger partial charge on any atom is -0.374 e. The molecule has 8 rings (SSSR count). The number of rotatable bonds is 13. The highest BCUT2D eigenvalue weighted by Gasteiger charge is 2.30. The molecule has 1 atom stereocenters. The molecule has 1 unspecified atom stereocenters. The van der Waals surface area contributed by atoms with Crippen LogP contribution in [0.2, 0.25) is 0 Å². The van der Waals surface area contributed by atoms with Crippen LogP contribution in [0.15, 0.2) is 73.2 Å². The summed E-state index contributed by atoms with van der Waals surface area (Å²) in [7, 11) is -2.66. The van der Waals surface area contributed by atoms with Crippen LogP contribution < -0.4 is 25.2 Å². The predicted molar refractivity (Wildman–Crippen MR) is 235 cm³/mol. The van der Waals surface area contributed by atoms with Gasteiger partial charge in [-0.3, -0.25) is 29.2 Å². The Morgan fingerprint density at radius 3 is 2.35 bits per heavy atom. The number of pyridine rings is 2. The van der Waals surface area contributed by atoms with Crippen molar-refractivity contribution in [2.75, 3.05) is 72.7 Å². The first-order valence-electron chi connectivity index (χ1n) is 21.0. The van der Waals surface area contributed by atoms with Crippen molar-refractivity contribution in [1.82, 2.24) is 29.5 Å². The maximum atomic E-state index is 15.6. The Labute approximate surface area is 363 Å². The Hall–Kier alpha value is -6.47. The number of fused-ring (bicyclic) bond motifs is 1. The molecule has 19 heteroatoms. The first-order valence-corrected chi connectivity index (χ1v) is 22.4. The van der Waals surface area contributed by atoms with Crippen molar-refractivity contribution in [2.24, 2.45) is 5.92 Å². The predicted octanol–water partition coefficient (Wildman–Crippen LogP) is 4.91. The van der Waals surface area contributed by atoms with Crippen molar-refractivity contribution in [2.45, 2.75) is 45.1 Å². The first kappa shape index (κ1) is 43.2. The summed E-state index contributed by atoms with van der Waals surface area (Å²) in [6.07, 6.45) is 7.37. The van der Waals surface area contributed by atoms with Crippen LogP contribution in [0.1, 0.15) is 54.9 Å². The van der Waals surface area contributed by atoms with Crippen LogP contribution in [-0.2, 0) is 24.6 Å². The van der Waals surface area contributed by atoms with Crippen LogP contribution >= 0.6 is 0 Å². The summed E-state index contributed by atoms with van der Waals surface area (Å²) in [5.74, 6) is -1.69. The van der Waals surface area contributed by atoms with Crippen molar-refractivity contribution >= 4 is 67.6 Å². The largest absolute Gasteiger partial charge is 0.374 e. The molecule has 3 amide bonds. The van der Waals surface area contributed by atoms with Gasteiger partial charge in [0.15, 0.2) is 11.6 Å². The number of anilines is 4. The van der Waals surface area contributed by atoms with E-state index in [0.29, 0.717) is 80.1 Å². The molecule has 3 aromatic heterocycles. The summed E-state index contributed by atoms with van der Waals surface area (Å²) in [5.41, 5.74) is 2.35. The molecular weight excluding hydrogens is 835 g/mol. The first-order chi connectivity index (χ1) is 30.3. The average Bonchev–Trinajstić information content (AvgIpc) is 3.71. The minimum atomic E-state index is -4.02. The SMILES string of the molecule is CCN(C)S(=O)(=O)Nc1cccc(C(=O)c2c[nH]c3ncc(-c4ccc(N5CCN(C(=O)CC6CCN(c7ccc(NC8CCC(=O)NC8=O)cc7F)CC6)CC5)nc4)cc23)c1F. The van der Waals surface area contributed by atoms with Crippen LogP contribution in [0, 0.1) is 17.6 Å². The third-order valence-electron chi connectivity index (χ3n) is 12.1. The number of H-pyrrole nitrogens is 1. The van der Waals surface area contributed by atoms with Gasteiger partial charge in [-0.1, -0.05) is 13.0 Å². The molecule has 2 aromatic carbocycles. The van der Waals surface area contributed by atoms with E-state index < -0.39 is 39.6 Å². The van der Waals surface area contributed by atoms with E-state index in [1.165, 1.54) is 37.5 Å². The average molecular weight is 883 g/mol. The molecule has 0 bridgehead atoms. The normalized spacial score (nSPS) is 17.6. The highest BCUT2D eigenvalue weighted by atomic mass is 32.2. The van der Waals surface area contributed by atoms with Crippen molar-refractivity contribution in [1.29, 1.82) is 0 Å². The molecule has 5 aromatic rings. The standard InChI is InChI=1S/C44H48F2N10O6S/c1-3-53(2)63(61,62)52-35-6-4-5-31(41(35)46)42(59)33-26-49-43-32(33)22-29(25-48-43)28-7-11-38(47-24-28)55-17-19-56(20-18-55)40(58)21-27-13-15-54(16-14-27)37-10-8-30(23-34(37)45)50-36-9-12-39(57)51-44(36)60/h4-8,10-11,22-27,36,50,52H,3,9,12-21H2,1-2H3,(H,48,49)(H,51,57,60). The summed E-state index contributed by atoms with van der Waals surface area (Å²) < 4.78 is 59.1. The van der Waals surface area contributed by atoms with Gasteiger partial charge in [0.25, 0.3) is 0 Å². The van der Waals surface area contributed by atoms with E-state index in [9.17, 15) is 27.6 Å². The fourth-order valence-electron chi connectivity index (χ4n) is 8.24. The molecular formula is C44H48F2N10O6S. The van der Waals surface area contributed by atoms with Gasteiger partial charge < -0.3 is 25.0 Å². The van der Waals surface area contributed by atoms with Crippen molar-refractivity contribution < 1.29 is 36.4 Å². The fraction of sp³-hybridized carbons (Fsp3) is 0.364. The van der Waals surface area contributed by atoms with Gasteiger partial charge in [0.1, 0.15) is 23.3 Å². The Bertz CT molecular complexity index is 2660. The van der Waals surface area contributed by atoms with Gasteiger partial charge in [0, 0.05) is 112 Å². The van der Waals surface area contributed by atoms with Gasteiger partial charge in [0.05, 0.1) is 16.9 Å². The molecule has 3 fully saturated rings. The molecule has 0 spiro atoms. The van der Waals surface area contributed by atoms with Crippen LogP contribution in [0.3, 0.4) is 0 Å². The summed E-state index contributed by atoms with van der Waals surface area (Å²) in [6, 6.07) is 13.8. The number of piperidine rings is 2. The number of aromatic amines is 1. The lowest BCUT2D eigenvalue weighted by Gasteiger charge is -2.37. The highest BCUT2D eigenvalue weighted by Crippen LogP contribution is 2.32. The Kier molecular flexibility index (Phi) is 12.4. The molecule has 4 N–H and O–H groups in total. The number of piperazine rings is 1. The van der Waals surface area contributed by atoms with Gasteiger partial charge in [-0.05, 0) is 73.7 Å². The smallest absolute Gasteiger partial charge is 0.301 e. The number of aromatic nitrogens is 3. The summed E-state index contributed by atoms with van der Waals surface area (Å²) in [5, 5.41) is 5.78. The summed E-state index contributed by atoms with van der Waals surface area (Å²) >= 11 is 0. The monoisotopic (exact) mass is 882 g/mol. The maximum Gasteiger partial charge on any atom is 0.301 e. The molecule has 0 aliphatic carbocycles. The van der Waals surface area contributed by atoms with Gasteiger partial charge in [-0.25, -0.2) is 18.7 Å². The zero-order valence-electron chi connectivity index (χ0n) is 34.9. The highest BCUT2D eigenvalue weighted by molar-refractivity contribution is 7.90. The topological polar surface area (TPSA) is 193 Å². The maximum absolute atomic E-state index is 15.6. The third-order valence-corrected chi connectivity index (χ3v) is 13.7. The molecule has 6 heterocycles. The number of hydrogen-bond donors (Lipinski definition) is 4. The lowest BCUT2D eigenvalue weighted by molar-refractivity contribution is -0.134. The number of benzene rings is 2. The molecule has 330 valence electrons. The number of nitrogens with one attached hydrogen (secondary N) is 4. The molecule has 0 saturated carbocycles. The molecule has 0 radical (unpaired) electrons. The Morgan fingerprint density at radius 1 is 0.889 bits per heavy atom. The summed E-state index contributed by atoms with van der Waals surface area (Å²) in [4.78, 5) is 68.8. The zero-order valence-corrected chi connectivity index (χ0v) is 35.7. The quantitative estimate of drug-likeness (QED) is 0.0928. The lowest BCUT2D eigenvalue weighted by atomic mass is 9.92. The molecule has 16 nitrogen and oxygen atoms in total. The van der Waals surface area contributed by atoms with E-state index in [2.05, 4.69) is 30.2 Å². The van der Waals surface area contributed by atoms with Gasteiger partial charge in [-0.15, -0.1) is 0 Å². The Balaban J connectivity index is 0.830. The molecule has 63 heavy (non-hydrogen) atoms. The van der Waals surface area contributed by atoms with E-state index in [1.54, 1.807) is 37.5 Å². The van der Waals surface area contributed by atoms with Gasteiger partial charge in [-0.2, -0.15) is 12.7 Å². The number of nitrogens with zero attached hydrogens (tertiary/aromatic N) is 6. The fourth-order valence-corrected chi connectivity index (χ4v) is 9.17. The second kappa shape index (κ2) is 18.1. The van der Waals surface area contributed by atoms with Crippen LogP contribution in [-0.4, -0.2) is 115 Å². The van der Waals surface area contributed by atoms with E-state index in [1.807, 2.05) is 21.9 Å². The number of ketones is 1. The second-order valence-electron chi connectivity index (χ2n) is 16.1. The second-order valence-corrected chi connectivity index (χ2v) is 17.8. The van der Waals surface area contributed by atoms with Crippen LogP contribution in [0.25, 0.3) is 22.2 Å². The number of hydrogen-bond acceptors (Lipinski definition) is 11. The number of halogens is 2. The van der Waals surface area contributed by atoms with E-state index in [4.69, 9.17) is 4.98 Å². The van der Waals surface area contributed by atoms with E-state index >= 15 is 8.78 Å². The van der Waals surface area contributed by atoms with Gasteiger partial charge >= 0.3 is 10.2 Å².